The van der Waals surface area contributed by atoms with Gasteiger partial charge in [-0.3, -0.25) is 4.79 Å². The maximum absolute atomic E-state index is 10.4. The molecule has 0 aliphatic heterocycles. The second-order valence-electron chi connectivity index (χ2n) is 4.11. The summed E-state index contributed by atoms with van der Waals surface area (Å²) < 4.78 is 0. The smallest absolute Gasteiger partial charge is 0.303 e. The minimum Gasteiger partial charge on any atom is -0.481 e. The Balaban J connectivity index is 2.84. The average molecular weight is 222 g/mol. The SMILES string of the molecule is Cc1cc(C(N)CCC(=O)O)cc(C)c1N. The van der Waals surface area contributed by atoms with Crippen molar-refractivity contribution in [3.05, 3.63) is 28.8 Å². The van der Waals surface area contributed by atoms with Crippen LogP contribution in [0.15, 0.2) is 12.1 Å². The maximum Gasteiger partial charge on any atom is 0.303 e. The number of hydrogen-bond acceptors (Lipinski definition) is 3. The zero-order valence-electron chi connectivity index (χ0n) is 9.66. The van der Waals surface area contributed by atoms with Gasteiger partial charge in [-0.15, -0.1) is 0 Å². The van der Waals surface area contributed by atoms with Gasteiger partial charge in [0.15, 0.2) is 0 Å². The van der Waals surface area contributed by atoms with E-state index in [2.05, 4.69) is 0 Å². The summed E-state index contributed by atoms with van der Waals surface area (Å²) in [5, 5.41) is 8.59. The van der Waals surface area contributed by atoms with Crippen LogP contribution in [0.5, 0.6) is 0 Å². The first-order chi connectivity index (χ1) is 7.41. The highest BCUT2D eigenvalue weighted by atomic mass is 16.4. The van der Waals surface area contributed by atoms with Gasteiger partial charge in [-0.05, 0) is 37.0 Å². The first kappa shape index (κ1) is 12.5. The summed E-state index contributed by atoms with van der Waals surface area (Å²) in [6.45, 7) is 3.85. The number of aryl methyl sites for hydroxylation is 2. The summed E-state index contributed by atoms with van der Waals surface area (Å²) >= 11 is 0. The molecule has 0 amide bonds. The number of benzene rings is 1. The molecule has 0 bridgehead atoms. The molecule has 1 unspecified atom stereocenters. The van der Waals surface area contributed by atoms with Crippen LogP contribution in [0.1, 0.15) is 35.6 Å². The van der Waals surface area contributed by atoms with E-state index in [4.69, 9.17) is 16.6 Å². The maximum atomic E-state index is 10.4. The van der Waals surface area contributed by atoms with E-state index in [9.17, 15) is 4.79 Å². The van der Waals surface area contributed by atoms with E-state index < -0.39 is 5.97 Å². The largest absolute Gasteiger partial charge is 0.481 e. The lowest BCUT2D eigenvalue weighted by molar-refractivity contribution is -0.137. The molecule has 0 heterocycles. The van der Waals surface area contributed by atoms with Crippen molar-refractivity contribution in [2.45, 2.75) is 32.7 Å². The van der Waals surface area contributed by atoms with Gasteiger partial charge in [0.25, 0.3) is 0 Å². The van der Waals surface area contributed by atoms with Crippen LogP contribution in [0.3, 0.4) is 0 Å². The lowest BCUT2D eigenvalue weighted by Crippen LogP contribution is -2.13. The third kappa shape index (κ3) is 2.97. The number of carbonyl (C=O) groups is 1. The Bertz CT molecular complexity index is 379. The minimum atomic E-state index is -0.820. The Hall–Kier alpha value is -1.55. The van der Waals surface area contributed by atoms with E-state index in [1.54, 1.807) is 0 Å². The van der Waals surface area contributed by atoms with Crippen molar-refractivity contribution in [2.75, 3.05) is 5.73 Å². The lowest BCUT2D eigenvalue weighted by atomic mass is 9.97. The van der Waals surface area contributed by atoms with Gasteiger partial charge >= 0.3 is 5.97 Å². The summed E-state index contributed by atoms with van der Waals surface area (Å²) in [5.41, 5.74) is 15.5. The molecule has 0 saturated heterocycles. The number of carboxylic acid groups (broad SMARTS) is 1. The fourth-order valence-corrected chi connectivity index (χ4v) is 1.67. The van der Waals surface area contributed by atoms with Gasteiger partial charge in [-0.1, -0.05) is 12.1 Å². The zero-order chi connectivity index (χ0) is 12.3. The van der Waals surface area contributed by atoms with Crippen LogP contribution in [-0.2, 0) is 4.79 Å². The second-order valence-corrected chi connectivity index (χ2v) is 4.11. The van der Waals surface area contributed by atoms with Crippen molar-refractivity contribution in [3.63, 3.8) is 0 Å². The summed E-state index contributed by atoms with van der Waals surface area (Å²) in [4.78, 5) is 10.4. The number of rotatable bonds is 4. The highest BCUT2D eigenvalue weighted by molar-refractivity contribution is 5.66. The van der Waals surface area contributed by atoms with Crippen LogP contribution in [-0.4, -0.2) is 11.1 Å². The molecule has 0 radical (unpaired) electrons. The molecule has 5 N–H and O–H groups in total. The molecule has 1 aromatic rings. The molecule has 88 valence electrons. The lowest BCUT2D eigenvalue weighted by Gasteiger charge is -2.14. The molecular weight excluding hydrogens is 204 g/mol. The van der Waals surface area contributed by atoms with Crippen molar-refractivity contribution in [2.24, 2.45) is 5.73 Å². The summed E-state index contributed by atoms with van der Waals surface area (Å²) in [6, 6.07) is 3.61. The van der Waals surface area contributed by atoms with E-state index in [0.717, 1.165) is 22.4 Å². The normalized spacial score (nSPS) is 12.4. The van der Waals surface area contributed by atoms with Crippen LogP contribution in [0.2, 0.25) is 0 Å². The van der Waals surface area contributed by atoms with E-state index in [1.165, 1.54) is 0 Å². The number of nitrogen functional groups attached to an aromatic ring is 1. The van der Waals surface area contributed by atoms with Crippen LogP contribution in [0, 0.1) is 13.8 Å². The van der Waals surface area contributed by atoms with E-state index in [1.807, 2.05) is 26.0 Å². The summed E-state index contributed by atoms with van der Waals surface area (Å²) in [6.07, 6.45) is 0.530. The molecule has 0 saturated carbocycles. The van der Waals surface area contributed by atoms with Crippen molar-refractivity contribution in [3.8, 4) is 0 Å². The number of hydrogen-bond donors (Lipinski definition) is 3. The van der Waals surface area contributed by atoms with Crippen LogP contribution < -0.4 is 11.5 Å². The van der Waals surface area contributed by atoms with Crippen LogP contribution in [0.25, 0.3) is 0 Å². The average Bonchev–Trinajstić information content (AvgIpc) is 2.21. The Morgan fingerprint density at radius 1 is 1.38 bits per heavy atom. The third-order valence-electron chi connectivity index (χ3n) is 2.71. The van der Waals surface area contributed by atoms with E-state index >= 15 is 0 Å². The fourth-order valence-electron chi connectivity index (χ4n) is 1.67. The van der Waals surface area contributed by atoms with Gasteiger partial charge in [0.2, 0.25) is 0 Å². The van der Waals surface area contributed by atoms with Crippen LogP contribution in [0.4, 0.5) is 5.69 Å². The van der Waals surface area contributed by atoms with E-state index in [0.29, 0.717) is 6.42 Å². The molecule has 1 rings (SSSR count). The molecule has 4 heteroatoms. The number of aliphatic carboxylic acids is 1. The molecular formula is C12H18N2O2. The minimum absolute atomic E-state index is 0.0869. The molecule has 1 atom stereocenters. The van der Waals surface area contributed by atoms with Gasteiger partial charge in [-0.25, -0.2) is 0 Å². The quantitative estimate of drug-likeness (QED) is 0.677. The number of anilines is 1. The van der Waals surface area contributed by atoms with Gasteiger partial charge < -0.3 is 16.6 Å². The Morgan fingerprint density at radius 3 is 2.31 bits per heavy atom. The van der Waals surface area contributed by atoms with Crippen LogP contribution >= 0.6 is 0 Å². The molecule has 0 aliphatic carbocycles. The molecule has 4 nitrogen and oxygen atoms in total. The molecule has 16 heavy (non-hydrogen) atoms. The molecule has 0 fully saturated rings. The molecule has 1 aromatic carbocycles. The van der Waals surface area contributed by atoms with Gasteiger partial charge in [-0.2, -0.15) is 0 Å². The predicted octanol–water partition coefficient (Wildman–Crippen LogP) is 1.75. The number of carboxylic acids is 1. The summed E-state index contributed by atoms with van der Waals surface area (Å²) in [7, 11) is 0. The topological polar surface area (TPSA) is 89.3 Å². The fraction of sp³-hybridized carbons (Fsp3) is 0.417. The highest BCUT2D eigenvalue weighted by Crippen LogP contribution is 2.23. The van der Waals surface area contributed by atoms with Crippen molar-refractivity contribution in [1.82, 2.24) is 0 Å². The predicted molar refractivity (Wildman–Crippen MR) is 64.1 cm³/mol. The standard InChI is InChI=1S/C12H18N2O2/c1-7-5-9(6-8(2)12(7)14)10(13)3-4-11(15)16/h5-6,10H,3-4,13-14H2,1-2H3,(H,15,16). The third-order valence-corrected chi connectivity index (χ3v) is 2.71. The first-order valence-electron chi connectivity index (χ1n) is 5.25. The molecule has 0 aromatic heterocycles. The number of nitrogens with two attached hydrogens (primary N) is 2. The Kier molecular flexibility index (Phi) is 3.90. The van der Waals surface area contributed by atoms with Gasteiger partial charge in [0, 0.05) is 18.2 Å². The Morgan fingerprint density at radius 2 is 1.88 bits per heavy atom. The van der Waals surface area contributed by atoms with Crippen molar-refractivity contribution >= 4 is 11.7 Å². The molecule has 0 spiro atoms. The highest BCUT2D eigenvalue weighted by Gasteiger charge is 2.10. The summed E-state index contributed by atoms with van der Waals surface area (Å²) in [5.74, 6) is -0.820. The van der Waals surface area contributed by atoms with Gasteiger partial charge in [0.05, 0.1) is 0 Å². The monoisotopic (exact) mass is 222 g/mol. The van der Waals surface area contributed by atoms with E-state index in [-0.39, 0.29) is 12.5 Å². The van der Waals surface area contributed by atoms with Crippen molar-refractivity contribution in [1.29, 1.82) is 0 Å². The first-order valence-corrected chi connectivity index (χ1v) is 5.25. The second kappa shape index (κ2) is 4.99. The Labute approximate surface area is 95.3 Å². The van der Waals surface area contributed by atoms with Gasteiger partial charge in [0.1, 0.15) is 0 Å². The van der Waals surface area contributed by atoms with Crippen molar-refractivity contribution < 1.29 is 9.90 Å². The molecule has 0 aliphatic rings. The zero-order valence-corrected chi connectivity index (χ0v) is 9.66.